The van der Waals surface area contributed by atoms with Crippen LogP contribution in [0.2, 0.25) is 0 Å². The van der Waals surface area contributed by atoms with Gasteiger partial charge in [-0.15, -0.1) is 10.2 Å². The minimum Gasteiger partial charge on any atom is -0.497 e. The molecule has 0 bridgehead atoms. The molecule has 2 aromatic carbocycles. The maximum absolute atomic E-state index is 12.5. The maximum atomic E-state index is 12.5. The standard InChI is InChI=1S/C23H27N5O2S/c1-30-21-8-6-7-20(15-21)28-17-24-26-23(28)31-16-22(29)25-18-9-11-19(12-10-18)27-13-4-2-3-5-14-27/h6-12,15,17H,2-5,13-14,16H2,1H3,(H,25,29). The number of carbonyl (C=O) groups is 1. The van der Waals surface area contributed by atoms with Crippen LogP contribution in [0.4, 0.5) is 11.4 Å². The van der Waals surface area contributed by atoms with Crippen LogP contribution in [0.3, 0.4) is 0 Å². The molecule has 1 fully saturated rings. The van der Waals surface area contributed by atoms with E-state index in [1.807, 2.05) is 41.0 Å². The number of thioether (sulfide) groups is 1. The van der Waals surface area contributed by atoms with Gasteiger partial charge in [0, 0.05) is 30.5 Å². The summed E-state index contributed by atoms with van der Waals surface area (Å²) in [5.74, 6) is 0.924. The first-order valence-electron chi connectivity index (χ1n) is 10.5. The molecule has 1 saturated heterocycles. The molecular formula is C23H27N5O2S. The highest BCUT2D eigenvalue weighted by atomic mass is 32.2. The number of nitrogens with zero attached hydrogens (tertiary/aromatic N) is 4. The van der Waals surface area contributed by atoms with Gasteiger partial charge in [0.2, 0.25) is 5.91 Å². The fourth-order valence-electron chi connectivity index (χ4n) is 3.67. The summed E-state index contributed by atoms with van der Waals surface area (Å²) >= 11 is 1.35. The van der Waals surface area contributed by atoms with Crippen LogP contribution in [-0.2, 0) is 4.79 Å². The summed E-state index contributed by atoms with van der Waals surface area (Å²) in [7, 11) is 1.63. The molecule has 0 unspecified atom stereocenters. The van der Waals surface area contributed by atoms with Crippen LogP contribution in [0.5, 0.6) is 5.75 Å². The van der Waals surface area contributed by atoms with Crippen LogP contribution in [0, 0.1) is 0 Å². The van der Waals surface area contributed by atoms with Gasteiger partial charge in [0.25, 0.3) is 0 Å². The topological polar surface area (TPSA) is 72.3 Å². The zero-order valence-corrected chi connectivity index (χ0v) is 18.5. The Morgan fingerprint density at radius 1 is 1.06 bits per heavy atom. The van der Waals surface area contributed by atoms with Crippen molar-refractivity contribution in [2.24, 2.45) is 0 Å². The van der Waals surface area contributed by atoms with Gasteiger partial charge in [0.15, 0.2) is 5.16 Å². The fraction of sp³-hybridized carbons (Fsp3) is 0.348. The van der Waals surface area contributed by atoms with E-state index in [4.69, 9.17) is 4.74 Å². The number of nitrogens with one attached hydrogen (secondary N) is 1. The number of aromatic nitrogens is 3. The first-order valence-corrected chi connectivity index (χ1v) is 11.5. The Kier molecular flexibility index (Phi) is 7.09. The van der Waals surface area contributed by atoms with E-state index in [0.717, 1.165) is 30.2 Å². The molecule has 8 heteroatoms. The third-order valence-electron chi connectivity index (χ3n) is 5.30. The minimum absolute atomic E-state index is 0.0762. The molecule has 4 rings (SSSR count). The van der Waals surface area contributed by atoms with Gasteiger partial charge in [-0.1, -0.05) is 30.7 Å². The summed E-state index contributed by atoms with van der Waals surface area (Å²) in [5.41, 5.74) is 2.91. The lowest BCUT2D eigenvalue weighted by molar-refractivity contribution is -0.113. The van der Waals surface area contributed by atoms with Crippen molar-refractivity contribution in [2.45, 2.75) is 30.8 Å². The van der Waals surface area contributed by atoms with Crippen LogP contribution >= 0.6 is 11.8 Å². The molecule has 0 spiro atoms. The van der Waals surface area contributed by atoms with E-state index in [9.17, 15) is 4.79 Å². The summed E-state index contributed by atoms with van der Waals surface area (Å²) in [6.45, 7) is 2.21. The summed E-state index contributed by atoms with van der Waals surface area (Å²) in [5, 5.41) is 11.8. The van der Waals surface area contributed by atoms with Gasteiger partial charge in [-0.2, -0.15) is 0 Å². The summed E-state index contributed by atoms with van der Waals surface area (Å²) < 4.78 is 7.13. The van der Waals surface area contributed by atoms with Gasteiger partial charge < -0.3 is 15.0 Å². The third-order valence-corrected chi connectivity index (χ3v) is 6.25. The Labute approximate surface area is 186 Å². The van der Waals surface area contributed by atoms with E-state index in [0.29, 0.717) is 5.16 Å². The first kappa shape index (κ1) is 21.2. The van der Waals surface area contributed by atoms with Crippen LogP contribution in [-0.4, -0.2) is 46.6 Å². The Balaban J connectivity index is 1.33. The smallest absolute Gasteiger partial charge is 0.234 e. The molecule has 1 aromatic heterocycles. The number of amides is 1. The number of methoxy groups -OCH3 is 1. The number of carbonyl (C=O) groups excluding carboxylic acids is 1. The summed E-state index contributed by atoms with van der Waals surface area (Å²) in [6.07, 6.45) is 6.75. The molecule has 7 nitrogen and oxygen atoms in total. The number of anilines is 2. The number of rotatable bonds is 7. The normalized spacial score (nSPS) is 14.2. The van der Waals surface area contributed by atoms with Crippen molar-refractivity contribution in [2.75, 3.05) is 36.2 Å². The average molecular weight is 438 g/mol. The molecule has 0 atom stereocenters. The lowest BCUT2D eigenvalue weighted by Crippen LogP contribution is -2.23. The second-order valence-corrected chi connectivity index (χ2v) is 8.41. The van der Waals surface area contributed by atoms with E-state index in [2.05, 4.69) is 32.5 Å². The quantitative estimate of drug-likeness (QED) is 0.553. The number of benzene rings is 2. The van der Waals surface area contributed by atoms with Crippen LogP contribution in [0.15, 0.2) is 60.0 Å². The average Bonchev–Trinajstić information content (AvgIpc) is 3.11. The fourth-order valence-corrected chi connectivity index (χ4v) is 4.40. The predicted molar refractivity (Wildman–Crippen MR) is 124 cm³/mol. The van der Waals surface area contributed by atoms with E-state index < -0.39 is 0 Å². The zero-order chi connectivity index (χ0) is 21.5. The van der Waals surface area contributed by atoms with E-state index >= 15 is 0 Å². The van der Waals surface area contributed by atoms with E-state index in [1.165, 1.54) is 43.1 Å². The predicted octanol–water partition coefficient (Wildman–Crippen LogP) is 4.39. The Bertz CT molecular complexity index is 997. The molecule has 31 heavy (non-hydrogen) atoms. The van der Waals surface area contributed by atoms with Crippen molar-refractivity contribution in [3.05, 3.63) is 54.9 Å². The Morgan fingerprint density at radius 2 is 1.84 bits per heavy atom. The molecule has 1 N–H and O–H groups in total. The minimum atomic E-state index is -0.0762. The molecule has 0 aliphatic carbocycles. The molecule has 0 saturated carbocycles. The van der Waals surface area contributed by atoms with Gasteiger partial charge >= 0.3 is 0 Å². The summed E-state index contributed by atoms with van der Waals surface area (Å²) in [6, 6.07) is 15.8. The van der Waals surface area contributed by atoms with Gasteiger partial charge in [-0.05, 0) is 49.2 Å². The Morgan fingerprint density at radius 3 is 2.58 bits per heavy atom. The van der Waals surface area contributed by atoms with E-state index in [-0.39, 0.29) is 11.7 Å². The van der Waals surface area contributed by atoms with Crippen molar-refractivity contribution < 1.29 is 9.53 Å². The molecular weight excluding hydrogens is 410 g/mol. The van der Waals surface area contributed by atoms with Gasteiger partial charge in [-0.3, -0.25) is 9.36 Å². The molecule has 1 amide bonds. The second-order valence-electron chi connectivity index (χ2n) is 7.47. The molecule has 162 valence electrons. The Hall–Kier alpha value is -3.00. The van der Waals surface area contributed by atoms with Gasteiger partial charge in [0.1, 0.15) is 12.1 Å². The maximum Gasteiger partial charge on any atom is 0.234 e. The summed E-state index contributed by atoms with van der Waals surface area (Å²) in [4.78, 5) is 14.9. The highest BCUT2D eigenvalue weighted by molar-refractivity contribution is 7.99. The number of ether oxygens (including phenoxy) is 1. The SMILES string of the molecule is COc1cccc(-n2cnnc2SCC(=O)Nc2ccc(N3CCCCCC3)cc2)c1. The molecule has 0 radical (unpaired) electrons. The van der Waals surface area contributed by atoms with Crippen molar-refractivity contribution in [3.8, 4) is 11.4 Å². The number of hydrogen-bond donors (Lipinski definition) is 1. The van der Waals surface area contributed by atoms with Crippen molar-refractivity contribution in [3.63, 3.8) is 0 Å². The zero-order valence-electron chi connectivity index (χ0n) is 17.7. The molecule has 2 heterocycles. The number of hydrogen-bond acceptors (Lipinski definition) is 6. The highest BCUT2D eigenvalue weighted by Crippen LogP contribution is 2.24. The monoisotopic (exact) mass is 437 g/mol. The first-order chi connectivity index (χ1) is 15.2. The third kappa shape index (κ3) is 5.58. The van der Waals surface area contributed by atoms with Crippen LogP contribution in [0.1, 0.15) is 25.7 Å². The van der Waals surface area contributed by atoms with Crippen molar-refractivity contribution in [1.82, 2.24) is 14.8 Å². The lowest BCUT2D eigenvalue weighted by atomic mass is 10.2. The van der Waals surface area contributed by atoms with Crippen molar-refractivity contribution >= 4 is 29.0 Å². The highest BCUT2D eigenvalue weighted by Gasteiger charge is 2.12. The van der Waals surface area contributed by atoms with E-state index in [1.54, 1.807) is 13.4 Å². The van der Waals surface area contributed by atoms with Crippen LogP contribution in [0.25, 0.3) is 5.69 Å². The lowest BCUT2D eigenvalue weighted by Gasteiger charge is -2.22. The molecule has 1 aliphatic heterocycles. The molecule has 3 aromatic rings. The molecule has 1 aliphatic rings. The van der Waals surface area contributed by atoms with Gasteiger partial charge in [-0.25, -0.2) is 0 Å². The largest absolute Gasteiger partial charge is 0.497 e. The van der Waals surface area contributed by atoms with Crippen LogP contribution < -0.4 is 15.0 Å². The van der Waals surface area contributed by atoms with Gasteiger partial charge in [0.05, 0.1) is 18.6 Å². The van der Waals surface area contributed by atoms with Crippen molar-refractivity contribution in [1.29, 1.82) is 0 Å². The second kappa shape index (κ2) is 10.3.